The number of hydrogen-bond acceptors (Lipinski definition) is 11. The summed E-state index contributed by atoms with van der Waals surface area (Å²) in [5, 5.41) is 14.4. The summed E-state index contributed by atoms with van der Waals surface area (Å²) in [6.07, 6.45) is 29.4. The van der Waals surface area contributed by atoms with E-state index >= 15 is 0 Å². The molecule has 0 aliphatic heterocycles. The van der Waals surface area contributed by atoms with Gasteiger partial charge in [0.1, 0.15) is 5.75 Å². The quantitative estimate of drug-likeness (QED) is 0.0273. The van der Waals surface area contributed by atoms with Crippen molar-refractivity contribution in [1.82, 2.24) is 20.4 Å². The average molecular weight is 977 g/mol. The van der Waals surface area contributed by atoms with Crippen LogP contribution in [0.2, 0.25) is 0 Å². The Morgan fingerprint density at radius 1 is 0.514 bits per heavy atom. The number of ether oxygens (including phenoxy) is 1. The number of carbonyl (C=O) groups is 4. The van der Waals surface area contributed by atoms with Gasteiger partial charge in [0.2, 0.25) is 11.8 Å². The van der Waals surface area contributed by atoms with E-state index < -0.39 is 12.1 Å². The molecule has 0 aliphatic carbocycles. The Morgan fingerprint density at radius 3 is 1.41 bits per heavy atom. The van der Waals surface area contributed by atoms with E-state index in [1.165, 1.54) is 103 Å². The third-order valence-electron chi connectivity index (χ3n) is 12.8. The molecule has 15 heteroatoms. The molecule has 396 valence electrons. The molecule has 0 aliphatic rings. The molecular weight excluding hydrogens is 881 g/mol. The fourth-order valence-corrected chi connectivity index (χ4v) is 8.27. The largest absolute Gasteiger partial charge is 0.484 e. The molecule has 15 nitrogen and oxygen atoms in total. The van der Waals surface area contributed by atoms with Crippen LogP contribution < -0.4 is 38.3 Å². The van der Waals surface area contributed by atoms with Gasteiger partial charge < -0.3 is 48.1 Å². The maximum atomic E-state index is 13.5. The lowest BCUT2D eigenvalue weighted by Gasteiger charge is -2.26. The van der Waals surface area contributed by atoms with Gasteiger partial charge in [-0.15, -0.1) is 0 Å². The van der Waals surface area contributed by atoms with Gasteiger partial charge in [-0.2, -0.15) is 10.2 Å². The molecule has 70 heavy (non-hydrogen) atoms. The molecule has 0 fully saturated rings. The number of carbonyl (C=O) groups excluding carboxylic acids is 4. The van der Waals surface area contributed by atoms with Crippen molar-refractivity contribution in [2.24, 2.45) is 33.2 Å². The lowest BCUT2D eigenvalue weighted by Crippen LogP contribution is -2.50. The summed E-state index contributed by atoms with van der Waals surface area (Å²) in [6, 6.07) is 12.6. The second-order valence-electron chi connectivity index (χ2n) is 18.9. The lowest BCUT2D eigenvalue weighted by atomic mass is 10.1. The summed E-state index contributed by atoms with van der Waals surface area (Å²) in [5.74, 6) is -0.223. The third-order valence-corrected chi connectivity index (χ3v) is 12.8. The Bertz CT molecular complexity index is 1650. The molecule has 2 atom stereocenters. The van der Waals surface area contributed by atoms with Crippen molar-refractivity contribution in [2.75, 3.05) is 59.0 Å². The zero-order valence-electron chi connectivity index (χ0n) is 43.7. The van der Waals surface area contributed by atoms with Crippen LogP contribution in [0, 0.1) is 0 Å². The van der Waals surface area contributed by atoms with Crippen molar-refractivity contribution in [3.8, 4) is 5.75 Å². The summed E-state index contributed by atoms with van der Waals surface area (Å²) in [4.78, 5) is 55.9. The molecule has 0 unspecified atom stereocenters. The number of nitrogens with one attached hydrogen (secondary N) is 2. The van der Waals surface area contributed by atoms with E-state index in [1.54, 1.807) is 53.4 Å². The fourth-order valence-electron chi connectivity index (χ4n) is 8.27. The van der Waals surface area contributed by atoms with Crippen LogP contribution in [0.3, 0.4) is 0 Å². The molecular formula is C55H96N10O5. The number of azo groups is 1. The molecule has 0 aromatic heterocycles. The first-order valence-electron chi connectivity index (χ1n) is 27.4. The normalized spacial score (nSPS) is 12.2. The second-order valence-corrected chi connectivity index (χ2v) is 18.9. The molecule has 10 N–H and O–H groups in total. The first-order chi connectivity index (χ1) is 34.1. The van der Waals surface area contributed by atoms with E-state index in [-0.39, 0.29) is 56.4 Å². The molecule has 0 bridgehead atoms. The smallest absolute Gasteiger partial charge is 0.260 e. The monoisotopic (exact) mass is 977 g/mol. The minimum Gasteiger partial charge on any atom is -0.484 e. The summed E-state index contributed by atoms with van der Waals surface area (Å²) in [7, 11) is 0. The van der Waals surface area contributed by atoms with Crippen molar-refractivity contribution in [3.63, 3.8) is 0 Å². The van der Waals surface area contributed by atoms with Gasteiger partial charge in [-0.1, -0.05) is 142 Å². The highest BCUT2D eigenvalue weighted by atomic mass is 16.5. The molecule has 2 aromatic carbocycles. The van der Waals surface area contributed by atoms with Gasteiger partial charge in [0.05, 0.1) is 23.5 Å². The van der Waals surface area contributed by atoms with Gasteiger partial charge in [0.15, 0.2) is 6.61 Å². The molecule has 0 saturated heterocycles. The van der Waals surface area contributed by atoms with E-state index in [0.717, 1.165) is 64.5 Å². The predicted octanol–water partition coefficient (Wildman–Crippen LogP) is 9.74. The first-order valence-corrected chi connectivity index (χ1v) is 27.4. The highest BCUT2D eigenvalue weighted by molar-refractivity contribution is 5.94. The number of rotatable bonds is 44. The number of benzene rings is 2. The van der Waals surface area contributed by atoms with Gasteiger partial charge >= 0.3 is 0 Å². The number of hydrogen-bond donors (Lipinski definition) is 6. The molecule has 0 heterocycles. The molecule has 4 amide bonds. The van der Waals surface area contributed by atoms with Crippen molar-refractivity contribution >= 4 is 35.0 Å². The Morgan fingerprint density at radius 2 is 0.943 bits per heavy atom. The number of unbranched alkanes of at least 4 members (excludes halogenated alkanes) is 20. The summed E-state index contributed by atoms with van der Waals surface area (Å²) in [5.41, 5.74) is 25.0. The van der Waals surface area contributed by atoms with E-state index in [1.807, 2.05) is 4.90 Å². The third kappa shape index (κ3) is 29.7. The van der Waals surface area contributed by atoms with Crippen molar-refractivity contribution in [2.45, 2.75) is 193 Å². The molecule has 0 radical (unpaired) electrons. The number of amides is 4. The fraction of sp³-hybridized carbons (Fsp3) is 0.709. The average Bonchev–Trinajstić information content (AvgIpc) is 3.37. The molecule has 0 spiro atoms. The number of nitrogens with zero attached hydrogens (tertiary/aromatic N) is 4. The van der Waals surface area contributed by atoms with Crippen molar-refractivity contribution in [3.05, 3.63) is 54.1 Å². The van der Waals surface area contributed by atoms with E-state index in [2.05, 4.69) is 34.7 Å². The second kappa shape index (κ2) is 41.2. The van der Waals surface area contributed by atoms with Crippen LogP contribution in [-0.2, 0) is 14.4 Å². The molecule has 2 aromatic rings. The van der Waals surface area contributed by atoms with E-state index in [9.17, 15) is 19.2 Å². The Kier molecular flexibility index (Phi) is 36.3. The zero-order chi connectivity index (χ0) is 50.9. The Hall–Kier alpha value is -4.44. The minimum absolute atomic E-state index is 0.00223. The summed E-state index contributed by atoms with van der Waals surface area (Å²) >= 11 is 0. The highest BCUT2D eigenvalue weighted by Gasteiger charge is 2.22. The van der Waals surface area contributed by atoms with Crippen LogP contribution in [-0.4, -0.2) is 104 Å². The summed E-state index contributed by atoms with van der Waals surface area (Å²) < 4.78 is 5.98. The van der Waals surface area contributed by atoms with Crippen LogP contribution in [0.4, 0.5) is 11.4 Å². The Labute approximate surface area is 422 Å². The predicted molar refractivity (Wildman–Crippen MR) is 287 cm³/mol. The van der Waals surface area contributed by atoms with Gasteiger partial charge in [0.25, 0.3) is 11.8 Å². The molecule has 0 saturated carbocycles. The van der Waals surface area contributed by atoms with Gasteiger partial charge in [-0.3, -0.25) is 19.2 Å². The SMILES string of the molecule is CCCCCCCCCCCCN(CCCCCCCCCCCC)C(=O)COc1ccc(N=Nc2ccc(C(=O)NCCN(CCNC(=O)[C@@H](N)CCCCN)C(=O)[C@@H](N)CCCCN)cc2)cc1. The maximum absolute atomic E-state index is 13.5. The zero-order valence-corrected chi connectivity index (χ0v) is 43.7. The van der Waals surface area contributed by atoms with Crippen LogP contribution in [0.15, 0.2) is 58.8 Å². The molecule has 2 rings (SSSR count). The van der Waals surface area contributed by atoms with Crippen LogP contribution in [0.25, 0.3) is 0 Å². The lowest BCUT2D eigenvalue weighted by molar-refractivity contribution is -0.134. The topological polar surface area (TPSA) is 237 Å². The van der Waals surface area contributed by atoms with Crippen molar-refractivity contribution in [1.29, 1.82) is 0 Å². The Balaban J connectivity index is 1.87. The van der Waals surface area contributed by atoms with Gasteiger partial charge in [0, 0.05) is 44.8 Å². The van der Waals surface area contributed by atoms with Gasteiger partial charge in [-0.25, -0.2) is 0 Å². The van der Waals surface area contributed by atoms with Crippen LogP contribution in [0.1, 0.15) is 191 Å². The maximum Gasteiger partial charge on any atom is 0.260 e. The van der Waals surface area contributed by atoms with Gasteiger partial charge in [-0.05, 0) is 100 Å². The van der Waals surface area contributed by atoms with Crippen molar-refractivity contribution < 1.29 is 23.9 Å². The summed E-state index contributed by atoms with van der Waals surface area (Å²) in [6.45, 7) is 7.95. The van der Waals surface area contributed by atoms with Crippen LogP contribution in [0.5, 0.6) is 5.75 Å². The number of nitrogens with two attached hydrogens (primary N) is 4. The van der Waals surface area contributed by atoms with E-state index in [4.69, 9.17) is 27.7 Å². The highest BCUT2D eigenvalue weighted by Crippen LogP contribution is 2.22. The van der Waals surface area contributed by atoms with E-state index in [0.29, 0.717) is 48.6 Å². The minimum atomic E-state index is -0.718. The van der Waals surface area contributed by atoms with Crippen LogP contribution >= 0.6 is 0 Å². The first kappa shape index (κ1) is 61.7. The standard InChI is InChI=1S/C55H96N10O5/c1-3-5-7-9-11-13-15-17-19-25-41-64(42-26-20-18-16-14-12-10-8-6-4-2)52(66)45-70-49-35-33-48(34-36-49)63-62-47-31-29-46(30-32-47)53(67)60-39-43-65(55(69)51(59)28-22-24-38-57)44-40-61-54(68)50(58)27-21-23-37-56/h29-36,50-51H,3-28,37-45,56-59H2,1-2H3,(H,60,67)(H,61,68)/t50-,51-/m0/s1.